The van der Waals surface area contributed by atoms with Crippen molar-refractivity contribution in [2.75, 3.05) is 0 Å². The molecule has 0 spiro atoms. The largest absolute Gasteiger partial charge is 0.481 e. The van der Waals surface area contributed by atoms with Crippen molar-refractivity contribution in [3.63, 3.8) is 0 Å². The molecule has 0 amide bonds. The molecular weight excluding hydrogens is 246 g/mol. The number of aryl methyl sites for hydroxylation is 2. The summed E-state index contributed by atoms with van der Waals surface area (Å²) in [6, 6.07) is 4.14. The van der Waals surface area contributed by atoms with E-state index < -0.39 is 11.4 Å². The van der Waals surface area contributed by atoms with Crippen LogP contribution in [0, 0.1) is 19.3 Å². The second-order valence-electron chi connectivity index (χ2n) is 5.35. The van der Waals surface area contributed by atoms with Crippen LogP contribution in [0.15, 0.2) is 12.1 Å². The number of carboxylic acid groups (broad SMARTS) is 1. The van der Waals surface area contributed by atoms with Crippen LogP contribution in [-0.4, -0.2) is 16.1 Å². The highest BCUT2D eigenvalue weighted by Gasteiger charge is 2.29. The van der Waals surface area contributed by atoms with E-state index in [1.165, 1.54) is 10.3 Å². The van der Waals surface area contributed by atoms with Crippen LogP contribution >= 0.6 is 11.3 Å². The van der Waals surface area contributed by atoms with Crippen LogP contribution in [-0.2, 0) is 11.2 Å². The first kappa shape index (κ1) is 13.0. The van der Waals surface area contributed by atoms with Crippen molar-refractivity contribution in [1.82, 2.24) is 4.98 Å². The smallest absolute Gasteiger partial charge is 0.309 e. The van der Waals surface area contributed by atoms with Gasteiger partial charge in [-0.1, -0.05) is 12.1 Å². The number of aliphatic carboxylic acids is 1. The third-order valence-corrected chi connectivity index (χ3v) is 4.35. The van der Waals surface area contributed by atoms with Crippen molar-refractivity contribution >= 4 is 27.5 Å². The molecule has 1 aromatic carbocycles. The molecule has 0 saturated carbocycles. The van der Waals surface area contributed by atoms with Crippen LogP contribution in [0.2, 0.25) is 0 Å². The van der Waals surface area contributed by atoms with Crippen molar-refractivity contribution in [3.8, 4) is 0 Å². The third-order valence-electron chi connectivity index (χ3n) is 3.16. The Hall–Kier alpha value is -1.42. The molecular formula is C14H17NO2S. The molecule has 0 aliphatic rings. The quantitative estimate of drug-likeness (QED) is 0.921. The first-order chi connectivity index (χ1) is 8.31. The summed E-state index contributed by atoms with van der Waals surface area (Å²) in [6.45, 7) is 7.57. The van der Waals surface area contributed by atoms with E-state index in [4.69, 9.17) is 5.11 Å². The van der Waals surface area contributed by atoms with Crippen molar-refractivity contribution < 1.29 is 9.90 Å². The van der Waals surface area contributed by atoms with Gasteiger partial charge in [-0.3, -0.25) is 4.79 Å². The number of rotatable bonds is 3. The van der Waals surface area contributed by atoms with Gasteiger partial charge in [0.1, 0.15) is 0 Å². The molecule has 0 atom stereocenters. The van der Waals surface area contributed by atoms with E-state index in [9.17, 15) is 4.79 Å². The standard InChI is InChI=1S/C14H17NO2S/c1-8-5-6-9(2)12-11(8)15-10(18-12)7-14(3,4)13(16)17/h5-6H,7H2,1-4H3,(H,16,17). The van der Waals surface area contributed by atoms with Gasteiger partial charge in [-0.25, -0.2) is 4.98 Å². The Morgan fingerprint density at radius 3 is 2.50 bits per heavy atom. The number of carbonyl (C=O) groups is 1. The average molecular weight is 263 g/mol. The van der Waals surface area contributed by atoms with Crippen LogP contribution in [0.25, 0.3) is 10.2 Å². The second-order valence-corrected chi connectivity index (χ2v) is 6.43. The summed E-state index contributed by atoms with van der Waals surface area (Å²) in [6.07, 6.45) is 0.473. The van der Waals surface area contributed by atoms with Gasteiger partial charge in [-0.05, 0) is 38.8 Å². The lowest BCUT2D eigenvalue weighted by atomic mass is 9.90. The summed E-state index contributed by atoms with van der Waals surface area (Å²) in [5.74, 6) is -0.782. The zero-order chi connectivity index (χ0) is 13.5. The summed E-state index contributed by atoms with van der Waals surface area (Å²) >= 11 is 1.61. The van der Waals surface area contributed by atoms with E-state index in [1.54, 1.807) is 25.2 Å². The predicted octanol–water partition coefficient (Wildman–Crippen LogP) is 3.57. The Kier molecular flexibility index (Phi) is 3.15. The van der Waals surface area contributed by atoms with Crippen molar-refractivity contribution in [2.45, 2.75) is 34.1 Å². The Morgan fingerprint density at radius 2 is 1.94 bits per heavy atom. The summed E-state index contributed by atoms with van der Waals surface area (Å²) in [4.78, 5) is 15.7. The average Bonchev–Trinajstić information content (AvgIpc) is 2.67. The van der Waals surface area contributed by atoms with Gasteiger partial charge in [0.25, 0.3) is 0 Å². The number of benzene rings is 1. The van der Waals surface area contributed by atoms with E-state index in [0.717, 1.165) is 16.1 Å². The number of thiazole rings is 1. The van der Waals surface area contributed by atoms with Crippen LogP contribution in [0.1, 0.15) is 30.0 Å². The Morgan fingerprint density at radius 1 is 1.33 bits per heavy atom. The van der Waals surface area contributed by atoms with E-state index in [-0.39, 0.29) is 0 Å². The first-order valence-corrected chi connectivity index (χ1v) is 6.72. The molecule has 4 heteroatoms. The first-order valence-electron chi connectivity index (χ1n) is 5.90. The summed E-state index contributed by atoms with van der Waals surface area (Å²) < 4.78 is 1.17. The SMILES string of the molecule is Cc1ccc(C)c2sc(CC(C)(C)C(=O)O)nc12. The van der Waals surface area contributed by atoms with E-state index in [2.05, 4.69) is 24.0 Å². The fourth-order valence-electron chi connectivity index (χ4n) is 1.83. The minimum Gasteiger partial charge on any atom is -0.481 e. The van der Waals surface area contributed by atoms with Gasteiger partial charge in [0.15, 0.2) is 0 Å². The zero-order valence-electron chi connectivity index (χ0n) is 11.1. The number of nitrogens with zero attached hydrogens (tertiary/aromatic N) is 1. The zero-order valence-corrected chi connectivity index (χ0v) is 11.9. The van der Waals surface area contributed by atoms with Gasteiger partial charge in [-0.2, -0.15) is 0 Å². The van der Waals surface area contributed by atoms with E-state index in [0.29, 0.717) is 6.42 Å². The molecule has 0 aliphatic carbocycles. The maximum absolute atomic E-state index is 11.2. The van der Waals surface area contributed by atoms with Gasteiger partial charge in [0.05, 0.1) is 20.6 Å². The van der Waals surface area contributed by atoms with Gasteiger partial charge in [0, 0.05) is 6.42 Å². The molecule has 0 aliphatic heterocycles. The summed E-state index contributed by atoms with van der Waals surface area (Å²) in [5, 5.41) is 10.1. The highest BCUT2D eigenvalue weighted by atomic mass is 32.1. The maximum Gasteiger partial charge on any atom is 0.309 e. The van der Waals surface area contributed by atoms with Crippen LogP contribution in [0.3, 0.4) is 0 Å². The van der Waals surface area contributed by atoms with Gasteiger partial charge in [0.2, 0.25) is 0 Å². The molecule has 1 heterocycles. The number of hydrogen-bond donors (Lipinski definition) is 1. The molecule has 3 nitrogen and oxygen atoms in total. The predicted molar refractivity (Wildman–Crippen MR) is 74.2 cm³/mol. The molecule has 2 aromatic rings. The molecule has 18 heavy (non-hydrogen) atoms. The molecule has 0 saturated heterocycles. The Labute approximate surface area is 110 Å². The molecule has 0 unspecified atom stereocenters. The van der Waals surface area contributed by atoms with E-state index >= 15 is 0 Å². The monoisotopic (exact) mass is 263 g/mol. The van der Waals surface area contributed by atoms with Crippen molar-refractivity contribution in [3.05, 3.63) is 28.3 Å². The van der Waals surface area contributed by atoms with Gasteiger partial charge < -0.3 is 5.11 Å². The van der Waals surface area contributed by atoms with Gasteiger partial charge in [-0.15, -0.1) is 11.3 Å². The third kappa shape index (κ3) is 2.25. The molecule has 1 aromatic heterocycles. The molecule has 0 bridgehead atoms. The van der Waals surface area contributed by atoms with E-state index in [1.807, 2.05) is 6.92 Å². The maximum atomic E-state index is 11.2. The highest BCUT2D eigenvalue weighted by Crippen LogP contribution is 2.31. The Balaban J connectivity index is 2.46. The minimum absolute atomic E-state index is 0.473. The number of aromatic nitrogens is 1. The fourth-order valence-corrected chi connectivity index (χ4v) is 3.17. The highest BCUT2D eigenvalue weighted by molar-refractivity contribution is 7.18. The molecule has 1 N–H and O–H groups in total. The molecule has 0 radical (unpaired) electrons. The fraction of sp³-hybridized carbons (Fsp3) is 0.429. The topological polar surface area (TPSA) is 50.2 Å². The van der Waals surface area contributed by atoms with Crippen LogP contribution in [0.4, 0.5) is 0 Å². The molecule has 96 valence electrons. The van der Waals surface area contributed by atoms with Gasteiger partial charge >= 0.3 is 5.97 Å². The summed E-state index contributed by atoms with van der Waals surface area (Å²) in [7, 11) is 0. The normalized spacial score (nSPS) is 12.0. The molecule has 2 rings (SSSR count). The number of fused-ring (bicyclic) bond motifs is 1. The van der Waals surface area contributed by atoms with Crippen LogP contribution in [0.5, 0.6) is 0 Å². The lowest BCUT2D eigenvalue weighted by Crippen LogP contribution is -2.26. The minimum atomic E-state index is -0.782. The summed E-state index contributed by atoms with van der Waals surface area (Å²) in [5.41, 5.74) is 2.59. The number of carboxylic acids is 1. The van der Waals surface area contributed by atoms with Crippen LogP contribution < -0.4 is 0 Å². The number of hydrogen-bond acceptors (Lipinski definition) is 3. The second kappa shape index (κ2) is 4.35. The lowest BCUT2D eigenvalue weighted by Gasteiger charge is -2.16. The lowest BCUT2D eigenvalue weighted by molar-refractivity contribution is -0.146. The van der Waals surface area contributed by atoms with Crippen molar-refractivity contribution in [2.24, 2.45) is 5.41 Å². The molecule has 0 fully saturated rings. The Bertz CT molecular complexity index is 575. The van der Waals surface area contributed by atoms with Crippen molar-refractivity contribution in [1.29, 1.82) is 0 Å².